The Morgan fingerprint density at radius 1 is 1.12 bits per heavy atom. The summed E-state index contributed by atoms with van der Waals surface area (Å²) in [6.07, 6.45) is 4.10. The highest BCUT2D eigenvalue weighted by Crippen LogP contribution is 2.39. The summed E-state index contributed by atoms with van der Waals surface area (Å²) >= 11 is 1.43. The first-order valence-electron chi connectivity index (χ1n) is 10.8. The predicted molar refractivity (Wildman–Crippen MR) is 124 cm³/mol. The molecule has 0 radical (unpaired) electrons. The zero-order chi connectivity index (χ0) is 22.5. The average Bonchev–Trinajstić information content (AvgIpc) is 3.40. The molecule has 0 spiro atoms. The number of hydrogen-bond donors (Lipinski definition) is 2. The third-order valence-electron chi connectivity index (χ3n) is 6.24. The van der Waals surface area contributed by atoms with Crippen molar-refractivity contribution in [2.24, 2.45) is 0 Å². The van der Waals surface area contributed by atoms with Gasteiger partial charge in [-0.25, -0.2) is 8.42 Å². The fraction of sp³-hybridized carbons (Fsp3) is 0.391. The lowest BCUT2D eigenvalue weighted by Crippen LogP contribution is -2.36. The first-order valence-corrected chi connectivity index (χ1v) is 13.4. The van der Waals surface area contributed by atoms with E-state index < -0.39 is 21.8 Å². The van der Waals surface area contributed by atoms with Crippen LogP contribution < -0.4 is 10.6 Å². The maximum Gasteiger partial charge on any atom is 0.292 e. The van der Waals surface area contributed by atoms with Gasteiger partial charge >= 0.3 is 0 Å². The summed E-state index contributed by atoms with van der Waals surface area (Å²) in [7, 11) is -3.10. The first-order chi connectivity index (χ1) is 15.3. The Bertz CT molecular complexity index is 1340. The van der Waals surface area contributed by atoms with Gasteiger partial charge < -0.3 is 15.1 Å². The number of benzene rings is 1. The summed E-state index contributed by atoms with van der Waals surface area (Å²) in [5.41, 5.74) is 2.83. The van der Waals surface area contributed by atoms with Gasteiger partial charge in [0.05, 0.1) is 17.1 Å². The fourth-order valence-electron chi connectivity index (χ4n) is 4.61. The highest BCUT2D eigenvalue weighted by atomic mass is 32.2. The molecular formula is C23H24N2O5S2. The lowest BCUT2D eigenvalue weighted by molar-refractivity contribution is 0.0941. The third kappa shape index (κ3) is 3.84. The lowest BCUT2D eigenvalue weighted by atomic mass is 9.95. The molecule has 1 aliphatic heterocycles. The second-order valence-corrected chi connectivity index (χ2v) is 11.8. The molecule has 0 bridgehead atoms. The van der Waals surface area contributed by atoms with Crippen LogP contribution in [0.15, 0.2) is 28.7 Å². The smallest absolute Gasteiger partial charge is 0.292 e. The van der Waals surface area contributed by atoms with E-state index in [0.717, 1.165) is 47.1 Å². The first kappa shape index (κ1) is 21.2. The van der Waals surface area contributed by atoms with E-state index in [1.54, 1.807) is 0 Å². The molecule has 5 rings (SSSR count). The number of thiophene rings is 1. The number of para-hydroxylation sites is 1. The van der Waals surface area contributed by atoms with E-state index in [9.17, 15) is 18.0 Å². The van der Waals surface area contributed by atoms with E-state index in [1.807, 2.05) is 31.2 Å². The van der Waals surface area contributed by atoms with E-state index in [4.69, 9.17) is 4.42 Å². The second kappa shape index (κ2) is 8.04. The summed E-state index contributed by atoms with van der Waals surface area (Å²) < 4.78 is 29.4. The number of hydrogen-bond acceptors (Lipinski definition) is 6. The zero-order valence-electron chi connectivity index (χ0n) is 17.7. The van der Waals surface area contributed by atoms with Gasteiger partial charge in [-0.05, 0) is 50.7 Å². The Morgan fingerprint density at radius 2 is 1.91 bits per heavy atom. The Labute approximate surface area is 190 Å². The van der Waals surface area contributed by atoms with E-state index in [1.165, 1.54) is 11.3 Å². The molecule has 3 heterocycles. The average molecular weight is 473 g/mol. The fourth-order valence-corrected chi connectivity index (χ4v) is 7.57. The summed E-state index contributed by atoms with van der Waals surface area (Å²) in [6.45, 7) is 1.84. The van der Waals surface area contributed by atoms with Gasteiger partial charge in [0.25, 0.3) is 11.8 Å². The summed E-state index contributed by atoms with van der Waals surface area (Å²) in [6, 6.07) is 7.07. The Hall–Kier alpha value is -2.65. The van der Waals surface area contributed by atoms with Crippen molar-refractivity contribution in [2.45, 2.75) is 45.1 Å². The molecule has 2 N–H and O–H groups in total. The van der Waals surface area contributed by atoms with Crippen LogP contribution in [0.25, 0.3) is 11.0 Å². The molecule has 1 aliphatic carbocycles. The maximum atomic E-state index is 13.2. The van der Waals surface area contributed by atoms with Crippen molar-refractivity contribution >= 4 is 49.0 Å². The van der Waals surface area contributed by atoms with Crippen LogP contribution in [0.5, 0.6) is 0 Å². The van der Waals surface area contributed by atoms with Crippen molar-refractivity contribution in [3.05, 3.63) is 51.6 Å². The van der Waals surface area contributed by atoms with E-state index in [-0.39, 0.29) is 23.2 Å². The standard InChI is InChI=1S/C23H24N2O5S2/c1-13-15-6-2-4-8-17(15)30-20(13)22(27)25-23-19(16-7-3-5-9-18(16)31-23)21(26)24-14-10-11-32(28,29)12-14/h2,4,6,8,14H,3,5,7,9-12H2,1H3,(H,24,26)(H,25,27)/t14-/m1/s1. The number of furan rings is 1. The number of nitrogens with one attached hydrogen (secondary N) is 2. The molecule has 7 nitrogen and oxygen atoms in total. The zero-order valence-corrected chi connectivity index (χ0v) is 19.3. The Morgan fingerprint density at radius 3 is 2.66 bits per heavy atom. The normalized spacial score (nSPS) is 19.6. The lowest BCUT2D eigenvalue weighted by Gasteiger charge is -2.15. The Balaban J connectivity index is 1.45. The van der Waals surface area contributed by atoms with Crippen LogP contribution in [0, 0.1) is 6.92 Å². The number of fused-ring (bicyclic) bond motifs is 2. The number of carbonyl (C=O) groups is 2. The topological polar surface area (TPSA) is 105 Å². The van der Waals surface area contributed by atoms with Crippen LogP contribution in [-0.2, 0) is 22.7 Å². The van der Waals surface area contributed by atoms with Crippen LogP contribution in [0.2, 0.25) is 0 Å². The minimum Gasteiger partial charge on any atom is -0.451 e. The van der Waals surface area contributed by atoms with Gasteiger partial charge in [-0.3, -0.25) is 9.59 Å². The molecule has 2 aliphatic rings. The molecule has 2 amide bonds. The van der Waals surface area contributed by atoms with E-state index in [2.05, 4.69) is 10.6 Å². The van der Waals surface area contributed by atoms with Crippen molar-refractivity contribution in [2.75, 3.05) is 16.8 Å². The number of carbonyl (C=O) groups excluding carboxylic acids is 2. The Kier molecular flexibility index (Phi) is 5.33. The van der Waals surface area contributed by atoms with Gasteiger partial charge in [0.2, 0.25) is 0 Å². The monoisotopic (exact) mass is 472 g/mol. The molecule has 1 saturated heterocycles. The molecule has 32 heavy (non-hydrogen) atoms. The van der Waals surface area contributed by atoms with Gasteiger partial charge in [0.1, 0.15) is 10.6 Å². The number of aryl methyl sites for hydroxylation is 2. The van der Waals surface area contributed by atoms with Crippen molar-refractivity contribution in [1.82, 2.24) is 5.32 Å². The number of rotatable bonds is 4. The molecule has 1 aromatic carbocycles. The van der Waals surface area contributed by atoms with Crippen molar-refractivity contribution in [1.29, 1.82) is 0 Å². The summed E-state index contributed by atoms with van der Waals surface area (Å²) in [4.78, 5) is 27.4. The molecule has 3 aromatic rings. The quantitative estimate of drug-likeness (QED) is 0.600. The number of sulfone groups is 1. The molecule has 9 heteroatoms. The second-order valence-electron chi connectivity index (χ2n) is 8.49. The van der Waals surface area contributed by atoms with Gasteiger partial charge in [0.15, 0.2) is 15.6 Å². The maximum absolute atomic E-state index is 13.2. The van der Waals surface area contributed by atoms with Crippen LogP contribution in [-0.4, -0.2) is 37.8 Å². The highest BCUT2D eigenvalue weighted by molar-refractivity contribution is 7.91. The number of anilines is 1. The largest absolute Gasteiger partial charge is 0.451 e. The molecule has 2 aromatic heterocycles. The minimum atomic E-state index is -3.10. The summed E-state index contributed by atoms with van der Waals surface area (Å²) in [5, 5.41) is 7.18. The predicted octanol–water partition coefficient (Wildman–Crippen LogP) is 3.85. The molecule has 168 valence electrons. The van der Waals surface area contributed by atoms with Crippen LogP contribution in [0.4, 0.5) is 5.00 Å². The van der Waals surface area contributed by atoms with Gasteiger partial charge in [-0.15, -0.1) is 11.3 Å². The molecule has 1 atom stereocenters. The third-order valence-corrected chi connectivity index (χ3v) is 9.22. The highest BCUT2D eigenvalue weighted by Gasteiger charge is 2.32. The summed E-state index contributed by atoms with van der Waals surface area (Å²) in [5.74, 6) is -0.428. The van der Waals surface area contributed by atoms with Crippen molar-refractivity contribution in [3.63, 3.8) is 0 Å². The van der Waals surface area contributed by atoms with Gasteiger partial charge in [-0.2, -0.15) is 0 Å². The number of amides is 2. The van der Waals surface area contributed by atoms with Gasteiger partial charge in [-0.1, -0.05) is 18.2 Å². The van der Waals surface area contributed by atoms with Crippen molar-refractivity contribution < 1.29 is 22.4 Å². The van der Waals surface area contributed by atoms with Crippen LogP contribution in [0.3, 0.4) is 0 Å². The van der Waals surface area contributed by atoms with Crippen LogP contribution >= 0.6 is 11.3 Å². The SMILES string of the molecule is Cc1c(C(=O)Nc2sc3c(c2C(=O)N[C@@H]2CCS(=O)(=O)C2)CCCC3)oc2ccccc12. The van der Waals surface area contributed by atoms with E-state index >= 15 is 0 Å². The van der Waals surface area contributed by atoms with E-state index in [0.29, 0.717) is 22.6 Å². The molecule has 1 fully saturated rings. The molecule has 0 unspecified atom stereocenters. The minimum absolute atomic E-state index is 0.0368. The van der Waals surface area contributed by atoms with Gasteiger partial charge in [0, 0.05) is 21.9 Å². The molecular weight excluding hydrogens is 448 g/mol. The van der Waals surface area contributed by atoms with Crippen LogP contribution in [0.1, 0.15) is 56.2 Å². The molecule has 0 saturated carbocycles. The van der Waals surface area contributed by atoms with Crippen molar-refractivity contribution in [3.8, 4) is 0 Å².